The van der Waals surface area contributed by atoms with E-state index < -0.39 is 5.82 Å². The Labute approximate surface area is 183 Å². The van der Waals surface area contributed by atoms with E-state index in [0.29, 0.717) is 4.90 Å². The molecule has 1 fully saturated rings. The average molecular weight is 435 g/mol. The fraction of sp³-hybridized carbons (Fsp3) is 0.409. The number of hydrogen-bond donors (Lipinski definition) is 2. The number of benzene rings is 2. The van der Waals surface area contributed by atoms with Crippen LogP contribution in [-0.2, 0) is 6.42 Å². The molecule has 2 aromatic carbocycles. The average Bonchev–Trinajstić information content (AvgIpc) is 2.70. The topological polar surface area (TPSA) is 79.1 Å². The van der Waals surface area contributed by atoms with Crippen LogP contribution in [-0.4, -0.2) is 36.5 Å². The van der Waals surface area contributed by atoms with Gasteiger partial charge < -0.3 is 10.6 Å². The smallest absolute Gasteiger partial charge is 0.148 e. The molecule has 1 unspecified atom stereocenters. The first-order valence-corrected chi connectivity index (χ1v) is 11.5. The van der Waals surface area contributed by atoms with Gasteiger partial charge >= 0.3 is 0 Å². The van der Waals surface area contributed by atoms with Crippen LogP contribution < -0.4 is 10.9 Å². The number of nitrogens with zero attached hydrogens (tertiary/aromatic N) is 2. The summed E-state index contributed by atoms with van der Waals surface area (Å²) in [6.45, 7) is 3.42. The minimum atomic E-state index is -0.609. The molecule has 1 aliphatic heterocycles. The van der Waals surface area contributed by atoms with Gasteiger partial charge in [-0.05, 0) is 75.3 Å². The van der Waals surface area contributed by atoms with Crippen LogP contribution in [0, 0.1) is 17.1 Å². The molecule has 1 saturated heterocycles. The number of thioether (sulfide) groups is 1. The molecule has 0 bridgehead atoms. The molecule has 158 valence electrons. The van der Waals surface area contributed by atoms with Gasteiger partial charge in [-0.25, -0.2) is 4.39 Å². The maximum atomic E-state index is 12.9. The summed E-state index contributed by atoms with van der Waals surface area (Å²) in [6.07, 6.45) is 3.98. The van der Waals surface area contributed by atoms with Crippen LogP contribution >= 0.6 is 23.7 Å². The van der Waals surface area contributed by atoms with Gasteiger partial charge in [0.2, 0.25) is 0 Å². The van der Waals surface area contributed by atoms with Crippen molar-refractivity contribution >= 4 is 29.4 Å². The Hall–Kier alpha value is -1.72. The highest BCUT2D eigenvalue weighted by Gasteiger charge is 2.17. The fourth-order valence-corrected chi connectivity index (χ4v) is 3.58. The number of nitrogen functional groups attached to an aromatic ring is 1. The lowest BCUT2D eigenvalue weighted by Gasteiger charge is -2.25. The molecule has 4 nitrogen and oxygen atoms in total. The second-order valence-electron chi connectivity index (χ2n) is 6.81. The number of nitrogens with two attached hydrogens (primary N) is 2. The maximum Gasteiger partial charge on any atom is 0.148 e. The van der Waals surface area contributed by atoms with Crippen LogP contribution in [0.5, 0.6) is 0 Å². The van der Waals surface area contributed by atoms with Gasteiger partial charge in [-0.15, -0.1) is 0 Å². The largest absolute Gasteiger partial charge is 0.395 e. The Morgan fingerprint density at radius 2 is 1.93 bits per heavy atom. The highest BCUT2D eigenvalue weighted by Crippen LogP contribution is 2.30. The van der Waals surface area contributed by atoms with E-state index in [-0.39, 0.29) is 11.3 Å². The standard InChI is InChI=1S/C8H10.C7H6FN3S.C7H15NS/c1-2-8-6-4-3-5-7-8;8-6-2-5(12-11)1-4(3-9)7(6)10;1-8(2)5-3-7-4-6-9-7/h3-7H,2H2,1H3;1-2H,10-11H2;7H,3-6H2,1-2H3. The number of aryl methyl sites for hydroxylation is 1. The minimum absolute atomic E-state index is 0.114. The second kappa shape index (κ2) is 14.3. The van der Waals surface area contributed by atoms with Crippen molar-refractivity contribution < 1.29 is 4.39 Å². The molecule has 0 aromatic heterocycles. The molecule has 0 amide bonds. The van der Waals surface area contributed by atoms with Crippen LogP contribution in [0.1, 0.15) is 30.9 Å². The monoisotopic (exact) mass is 434 g/mol. The summed E-state index contributed by atoms with van der Waals surface area (Å²) in [6, 6.07) is 14.9. The molecule has 29 heavy (non-hydrogen) atoms. The quantitative estimate of drug-likeness (QED) is 0.513. The van der Waals surface area contributed by atoms with Crippen molar-refractivity contribution in [1.82, 2.24) is 4.90 Å². The third-order valence-corrected chi connectivity index (χ3v) is 6.22. The van der Waals surface area contributed by atoms with Crippen LogP contribution in [0.4, 0.5) is 10.1 Å². The van der Waals surface area contributed by atoms with Crippen LogP contribution in [0.25, 0.3) is 0 Å². The third-order valence-electron chi connectivity index (χ3n) is 4.30. The normalized spacial score (nSPS) is 14.6. The van der Waals surface area contributed by atoms with Crippen molar-refractivity contribution in [3.05, 3.63) is 59.4 Å². The van der Waals surface area contributed by atoms with E-state index in [1.165, 1.54) is 42.8 Å². The SMILES string of the molecule is CCc1ccccc1.CN(C)CCC1CCS1.N#Cc1cc(SN)cc(F)c1N. The van der Waals surface area contributed by atoms with Gasteiger partial charge in [-0.1, -0.05) is 37.3 Å². The number of nitriles is 1. The van der Waals surface area contributed by atoms with Crippen molar-refractivity contribution in [2.45, 2.75) is 36.3 Å². The van der Waals surface area contributed by atoms with Gasteiger partial charge in [0.15, 0.2) is 0 Å². The predicted molar refractivity (Wildman–Crippen MR) is 125 cm³/mol. The molecule has 1 heterocycles. The van der Waals surface area contributed by atoms with E-state index >= 15 is 0 Å². The summed E-state index contributed by atoms with van der Waals surface area (Å²) in [5.41, 5.74) is 6.66. The van der Waals surface area contributed by atoms with Crippen LogP contribution in [0.3, 0.4) is 0 Å². The van der Waals surface area contributed by atoms with Crippen molar-refractivity contribution in [3.63, 3.8) is 0 Å². The summed E-state index contributed by atoms with van der Waals surface area (Å²) < 4.78 is 12.9. The molecule has 1 aliphatic rings. The van der Waals surface area contributed by atoms with E-state index in [1.54, 1.807) is 6.07 Å². The van der Waals surface area contributed by atoms with E-state index in [4.69, 9.17) is 16.1 Å². The zero-order chi connectivity index (χ0) is 21.6. The van der Waals surface area contributed by atoms with Gasteiger partial charge in [0, 0.05) is 10.1 Å². The lowest BCUT2D eigenvalue weighted by Crippen LogP contribution is -2.22. The Bertz CT molecular complexity index is 759. The zero-order valence-electron chi connectivity index (χ0n) is 17.4. The zero-order valence-corrected chi connectivity index (χ0v) is 19.0. The summed E-state index contributed by atoms with van der Waals surface area (Å²) in [4.78, 5) is 2.75. The van der Waals surface area contributed by atoms with Crippen molar-refractivity contribution in [2.75, 3.05) is 32.1 Å². The molecule has 0 saturated carbocycles. The van der Waals surface area contributed by atoms with Gasteiger partial charge in [0.05, 0.1) is 11.3 Å². The molecule has 7 heteroatoms. The lowest BCUT2D eigenvalue weighted by atomic mass is 10.2. The van der Waals surface area contributed by atoms with Crippen LogP contribution in [0.2, 0.25) is 0 Å². The Morgan fingerprint density at radius 1 is 1.28 bits per heavy atom. The van der Waals surface area contributed by atoms with E-state index in [2.05, 4.69) is 61.9 Å². The highest BCUT2D eigenvalue weighted by atomic mass is 32.2. The van der Waals surface area contributed by atoms with Crippen molar-refractivity contribution in [1.29, 1.82) is 5.26 Å². The molecule has 2 aromatic rings. The molecule has 1 atom stereocenters. The van der Waals surface area contributed by atoms with E-state index in [1.807, 2.05) is 6.07 Å². The Morgan fingerprint density at radius 3 is 2.34 bits per heavy atom. The second-order valence-corrected chi connectivity index (χ2v) is 8.92. The molecular weight excluding hydrogens is 403 g/mol. The third kappa shape index (κ3) is 10.0. The van der Waals surface area contributed by atoms with Gasteiger partial charge in [-0.3, -0.25) is 5.14 Å². The molecule has 4 N–H and O–H groups in total. The van der Waals surface area contributed by atoms with E-state index in [9.17, 15) is 4.39 Å². The van der Waals surface area contributed by atoms with Gasteiger partial charge in [-0.2, -0.15) is 17.0 Å². The van der Waals surface area contributed by atoms with Gasteiger partial charge in [0.1, 0.15) is 11.9 Å². The summed E-state index contributed by atoms with van der Waals surface area (Å²) in [5, 5.41) is 14.7. The predicted octanol–water partition coefficient (Wildman–Crippen LogP) is 4.94. The maximum absolute atomic E-state index is 12.9. The molecule has 0 spiro atoms. The number of halogens is 1. The van der Waals surface area contributed by atoms with Crippen LogP contribution in [0.15, 0.2) is 47.4 Å². The first kappa shape index (κ1) is 25.3. The summed E-state index contributed by atoms with van der Waals surface area (Å²) in [7, 11) is 4.28. The molecule has 3 rings (SSSR count). The summed E-state index contributed by atoms with van der Waals surface area (Å²) >= 11 is 3.00. The highest BCUT2D eigenvalue weighted by molar-refractivity contribution is 8.01. The fourth-order valence-electron chi connectivity index (χ4n) is 2.38. The Kier molecular flexibility index (Phi) is 12.5. The Balaban J connectivity index is 0.000000223. The lowest BCUT2D eigenvalue weighted by molar-refractivity contribution is 0.394. The summed E-state index contributed by atoms with van der Waals surface area (Å²) in [5.74, 6) is 0.792. The van der Waals surface area contributed by atoms with Gasteiger partial charge in [0.25, 0.3) is 0 Å². The molecule has 0 radical (unpaired) electrons. The van der Waals surface area contributed by atoms with Crippen molar-refractivity contribution in [3.8, 4) is 6.07 Å². The number of rotatable bonds is 5. The van der Waals surface area contributed by atoms with E-state index in [0.717, 1.165) is 23.6 Å². The first-order chi connectivity index (χ1) is 13.9. The minimum Gasteiger partial charge on any atom is -0.395 e. The molecule has 0 aliphatic carbocycles. The number of anilines is 1. The molecular formula is C22H31FN4S2. The van der Waals surface area contributed by atoms with Crippen molar-refractivity contribution in [2.24, 2.45) is 5.14 Å². The number of hydrogen-bond acceptors (Lipinski definition) is 6. The first-order valence-electron chi connectivity index (χ1n) is 9.57.